The highest BCUT2D eigenvalue weighted by molar-refractivity contribution is 6.26. The Morgan fingerprint density at radius 3 is 1.95 bits per heavy atom. The van der Waals surface area contributed by atoms with Crippen molar-refractivity contribution in [3.8, 4) is 23.0 Å². The van der Waals surface area contributed by atoms with Crippen LogP contribution in [0.15, 0.2) is 59.7 Å². The number of carbonyl (C=O) groups excluding carboxylic acids is 4. The lowest BCUT2D eigenvalue weighted by Gasteiger charge is -2.49. The predicted octanol–water partition coefficient (Wildman–Crippen LogP) is 5.25. The molecule has 3 aliphatic carbocycles. The zero-order chi connectivity index (χ0) is 29.3. The maximum absolute atomic E-state index is 14.6. The lowest BCUT2D eigenvalue weighted by molar-refractivity contribution is 0.0611. The monoisotopic (exact) mass is 540 g/mol. The standard InChI is InChI=1S/C32H28O8/c1-14(2)6-5-11-32-16(12-15(3)4)13-17-22(29(38)24-19(34)8-7-18(33)23(24)28(17)37)27(32)30(39)25-20(35)9-10-21(36)26(25)31(32)40/h5-12,16,27,35-38H,13H2,1-4H3/b11-5+/t16?,27-,32-/m1/s1. The molecule has 0 aromatic heterocycles. The van der Waals surface area contributed by atoms with Crippen LogP contribution in [0.1, 0.15) is 86.2 Å². The number of Topliss-reactive ketones (excluding diaryl/α,β-unsaturated/α-hetero) is 2. The molecule has 40 heavy (non-hydrogen) atoms. The van der Waals surface area contributed by atoms with Crippen LogP contribution in [0.2, 0.25) is 0 Å². The van der Waals surface area contributed by atoms with Crippen LogP contribution in [-0.4, -0.2) is 43.6 Å². The minimum atomic E-state index is -1.72. The number of benzene rings is 2. The van der Waals surface area contributed by atoms with Crippen LogP contribution in [0, 0.1) is 11.3 Å². The minimum Gasteiger partial charge on any atom is -0.507 e. The minimum absolute atomic E-state index is 0.0654. The van der Waals surface area contributed by atoms with E-state index in [1.807, 2.05) is 27.7 Å². The highest BCUT2D eigenvalue weighted by atomic mass is 16.3. The summed E-state index contributed by atoms with van der Waals surface area (Å²) in [5.41, 5.74) is -1.67. The summed E-state index contributed by atoms with van der Waals surface area (Å²) < 4.78 is 0. The first kappa shape index (κ1) is 26.9. The summed E-state index contributed by atoms with van der Waals surface area (Å²) >= 11 is 0. The molecule has 204 valence electrons. The first-order valence-corrected chi connectivity index (χ1v) is 12.8. The van der Waals surface area contributed by atoms with Gasteiger partial charge in [0.25, 0.3) is 0 Å². The third-order valence-electron chi connectivity index (χ3n) is 7.90. The number of rotatable bonds is 3. The summed E-state index contributed by atoms with van der Waals surface area (Å²) in [7, 11) is 0. The normalized spacial score (nSPS) is 22.9. The zero-order valence-electron chi connectivity index (χ0n) is 22.4. The Bertz CT molecular complexity index is 1680. The van der Waals surface area contributed by atoms with Gasteiger partial charge in [-0.2, -0.15) is 0 Å². The third kappa shape index (κ3) is 3.59. The van der Waals surface area contributed by atoms with E-state index in [2.05, 4.69) is 0 Å². The van der Waals surface area contributed by atoms with Crippen molar-refractivity contribution < 1.29 is 39.6 Å². The zero-order valence-corrected chi connectivity index (χ0v) is 22.4. The van der Waals surface area contributed by atoms with E-state index in [0.29, 0.717) is 0 Å². The Morgan fingerprint density at radius 2 is 1.38 bits per heavy atom. The van der Waals surface area contributed by atoms with Gasteiger partial charge in [-0.25, -0.2) is 0 Å². The van der Waals surface area contributed by atoms with Crippen molar-refractivity contribution in [3.05, 3.63) is 93.1 Å². The van der Waals surface area contributed by atoms with E-state index in [9.17, 15) is 39.6 Å². The summed E-state index contributed by atoms with van der Waals surface area (Å²) in [5, 5.41) is 44.4. The van der Waals surface area contributed by atoms with Crippen molar-refractivity contribution in [3.63, 3.8) is 0 Å². The van der Waals surface area contributed by atoms with Gasteiger partial charge in [-0.1, -0.05) is 35.5 Å². The molecule has 2 aromatic rings. The molecule has 0 aliphatic heterocycles. The van der Waals surface area contributed by atoms with Gasteiger partial charge in [0.1, 0.15) is 23.0 Å². The Hall–Kier alpha value is -4.72. The molecule has 0 amide bonds. The molecule has 0 saturated heterocycles. The average molecular weight is 541 g/mol. The first-order valence-electron chi connectivity index (χ1n) is 12.8. The van der Waals surface area contributed by atoms with Crippen LogP contribution < -0.4 is 0 Å². The van der Waals surface area contributed by atoms with E-state index in [-0.39, 0.29) is 28.7 Å². The topological polar surface area (TPSA) is 149 Å². The molecule has 2 aromatic carbocycles. The van der Waals surface area contributed by atoms with Gasteiger partial charge in [0, 0.05) is 11.1 Å². The molecule has 8 nitrogen and oxygen atoms in total. The molecule has 5 rings (SSSR count). The van der Waals surface area contributed by atoms with Crippen LogP contribution in [0.25, 0.3) is 0 Å². The lowest BCUT2D eigenvalue weighted by atomic mass is 9.50. The van der Waals surface area contributed by atoms with E-state index in [1.165, 1.54) is 0 Å². The summed E-state index contributed by atoms with van der Waals surface area (Å²) in [6.45, 7) is 7.31. The van der Waals surface area contributed by atoms with Crippen molar-refractivity contribution in [1.82, 2.24) is 0 Å². The second-order valence-corrected chi connectivity index (χ2v) is 11.0. The van der Waals surface area contributed by atoms with Gasteiger partial charge in [0.2, 0.25) is 0 Å². The molecule has 0 saturated carbocycles. The second-order valence-electron chi connectivity index (χ2n) is 11.0. The quantitative estimate of drug-likeness (QED) is 0.234. The first-order chi connectivity index (χ1) is 18.8. The Balaban J connectivity index is 1.98. The van der Waals surface area contributed by atoms with Gasteiger partial charge in [0.05, 0.1) is 33.6 Å². The van der Waals surface area contributed by atoms with Gasteiger partial charge in [0.15, 0.2) is 23.1 Å². The van der Waals surface area contributed by atoms with E-state index in [0.717, 1.165) is 35.4 Å². The number of phenolic OH excluding ortho intramolecular Hbond substituents is 4. The maximum Gasteiger partial charge on any atom is 0.190 e. The highest BCUT2D eigenvalue weighted by Gasteiger charge is 2.61. The number of allylic oxidation sites excluding steroid dienone is 8. The molecule has 1 unspecified atom stereocenters. The fraction of sp³-hybridized carbons (Fsp3) is 0.250. The summed E-state index contributed by atoms with van der Waals surface area (Å²) in [6, 6.07) is 2.23. The summed E-state index contributed by atoms with van der Waals surface area (Å²) in [6.07, 6.45) is 8.62. The van der Waals surface area contributed by atoms with Crippen molar-refractivity contribution in [2.24, 2.45) is 11.3 Å². The number of carbonyl (C=O) groups is 4. The Morgan fingerprint density at radius 1 is 0.800 bits per heavy atom. The van der Waals surface area contributed by atoms with Crippen LogP contribution in [0.5, 0.6) is 23.0 Å². The lowest BCUT2D eigenvalue weighted by Crippen LogP contribution is -2.52. The van der Waals surface area contributed by atoms with Gasteiger partial charge in [-0.15, -0.1) is 0 Å². The SMILES string of the molecule is CC(C)=C/C=C/[C@]12C(=O)c3c(O)ccc(O)c3C(=O)[C@H]1c1c(O)c3c(c(O)c1CC2C=C(C)C)C(=O)C=CC3=O. The maximum atomic E-state index is 14.6. The summed E-state index contributed by atoms with van der Waals surface area (Å²) in [5.74, 6) is -7.36. The van der Waals surface area contributed by atoms with Crippen LogP contribution >= 0.6 is 0 Å². The van der Waals surface area contributed by atoms with Crippen LogP contribution in [0.3, 0.4) is 0 Å². The van der Waals surface area contributed by atoms with Gasteiger partial charge in [-0.3, -0.25) is 19.2 Å². The van der Waals surface area contributed by atoms with Crippen molar-refractivity contribution in [1.29, 1.82) is 0 Å². The van der Waals surface area contributed by atoms with Crippen LogP contribution in [0.4, 0.5) is 0 Å². The molecule has 0 heterocycles. The van der Waals surface area contributed by atoms with Crippen LogP contribution in [-0.2, 0) is 6.42 Å². The van der Waals surface area contributed by atoms with Crippen molar-refractivity contribution >= 4 is 23.1 Å². The Labute approximate surface area is 230 Å². The van der Waals surface area contributed by atoms with E-state index < -0.39 is 74.5 Å². The molecule has 4 N–H and O–H groups in total. The summed E-state index contributed by atoms with van der Waals surface area (Å²) in [4.78, 5) is 54.6. The molecule has 8 heteroatoms. The number of hydrogen-bond donors (Lipinski definition) is 4. The smallest absolute Gasteiger partial charge is 0.190 e. The molecule has 3 aliphatic rings. The second kappa shape index (κ2) is 9.19. The number of fused-ring (bicyclic) bond motifs is 5. The van der Waals surface area contributed by atoms with Gasteiger partial charge in [-0.05, 0) is 64.3 Å². The number of phenols is 4. The fourth-order valence-electron chi connectivity index (χ4n) is 6.31. The van der Waals surface area contributed by atoms with Crippen molar-refractivity contribution in [2.75, 3.05) is 0 Å². The van der Waals surface area contributed by atoms with E-state index in [4.69, 9.17) is 0 Å². The number of aromatic hydroxyl groups is 4. The van der Waals surface area contributed by atoms with E-state index in [1.54, 1.807) is 24.3 Å². The fourth-order valence-corrected chi connectivity index (χ4v) is 6.31. The number of ketones is 4. The Kier molecular flexibility index (Phi) is 6.17. The van der Waals surface area contributed by atoms with Crippen molar-refractivity contribution in [2.45, 2.75) is 40.0 Å². The molecule has 3 atom stereocenters. The molecule has 0 radical (unpaired) electrons. The third-order valence-corrected chi connectivity index (χ3v) is 7.90. The molecular formula is C32H28O8. The molecule has 0 fully saturated rings. The molecule has 0 spiro atoms. The molecular weight excluding hydrogens is 512 g/mol. The van der Waals surface area contributed by atoms with Gasteiger partial charge >= 0.3 is 0 Å². The molecule has 0 bridgehead atoms. The van der Waals surface area contributed by atoms with Gasteiger partial charge < -0.3 is 20.4 Å². The highest BCUT2D eigenvalue weighted by Crippen LogP contribution is 2.62. The number of hydrogen-bond acceptors (Lipinski definition) is 8. The van der Waals surface area contributed by atoms with E-state index >= 15 is 0 Å². The average Bonchev–Trinajstić information content (AvgIpc) is 2.88. The largest absolute Gasteiger partial charge is 0.507 e. The predicted molar refractivity (Wildman–Crippen MR) is 146 cm³/mol.